The zero-order valence-corrected chi connectivity index (χ0v) is 48.5. The second kappa shape index (κ2) is 23.6. The van der Waals surface area contributed by atoms with E-state index in [1.54, 1.807) is 0 Å². The second-order valence-corrected chi connectivity index (χ2v) is 25.7. The van der Waals surface area contributed by atoms with Crippen LogP contribution in [0.5, 0.6) is 0 Å². The summed E-state index contributed by atoms with van der Waals surface area (Å²) in [4.78, 5) is 22.4. The van der Waals surface area contributed by atoms with Crippen LogP contribution >= 0.6 is 0 Å². The van der Waals surface area contributed by atoms with Crippen molar-refractivity contribution in [2.45, 2.75) is 181 Å². The molecule has 0 spiro atoms. The fraction of sp³-hybridized carbons (Fsp3) is 0.470. The van der Waals surface area contributed by atoms with E-state index in [0.717, 1.165) is 71.4 Å². The van der Waals surface area contributed by atoms with Gasteiger partial charge in [0.25, 0.3) is 0 Å². The average Bonchev–Trinajstić information content (AvgIpc) is 4.11. The van der Waals surface area contributed by atoms with Gasteiger partial charge in [0.1, 0.15) is 0 Å². The van der Waals surface area contributed by atoms with Gasteiger partial charge >= 0.3 is 12.4 Å². The van der Waals surface area contributed by atoms with E-state index in [1.165, 1.54) is 89.6 Å². The molecule has 10 rings (SSSR count). The molecule has 0 saturated heterocycles. The summed E-state index contributed by atoms with van der Waals surface area (Å²) in [6.45, 7) is 30.9. The number of benzene rings is 5. The van der Waals surface area contributed by atoms with E-state index >= 15 is 0 Å². The van der Waals surface area contributed by atoms with E-state index in [2.05, 4.69) is 139 Å². The van der Waals surface area contributed by atoms with Crippen LogP contribution in [-0.2, 0) is 32.1 Å². The summed E-state index contributed by atoms with van der Waals surface area (Å²) >= 11 is 0. The molecule has 0 unspecified atom stereocenters. The second-order valence-electron chi connectivity index (χ2n) is 25.7. The van der Waals surface area contributed by atoms with Crippen molar-refractivity contribution in [1.82, 2.24) is 0 Å². The molecule has 11 heteroatoms. The molecule has 0 fully saturated rings. The van der Waals surface area contributed by atoms with Gasteiger partial charge in [-0.3, -0.25) is 25.0 Å². The summed E-state index contributed by atoms with van der Waals surface area (Å²) in [5.74, 6) is 0. The van der Waals surface area contributed by atoms with Gasteiger partial charge in [0, 0.05) is 60.7 Å². The Morgan fingerprint density at radius 2 is 0.532 bits per heavy atom. The molecule has 0 N–H and O–H groups in total. The number of nitrogens with zero attached hydrogens (tertiary/aromatic N) is 5. The lowest BCUT2D eigenvalue weighted by molar-refractivity contribution is -0.209. The Labute approximate surface area is 455 Å². The third-order valence-electron chi connectivity index (χ3n) is 13.9. The van der Waals surface area contributed by atoms with Crippen LogP contribution in [0.4, 0.5) is 54.8 Å². The topological polar surface area (TPSA) is 61.8 Å². The first-order chi connectivity index (χ1) is 35.5. The number of halogens is 6. The normalized spacial score (nSPS) is 15.2. The first-order valence-electron chi connectivity index (χ1n) is 26.9. The third kappa shape index (κ3) is 17.3. The van der Waals surface area contributed by atoms with E-state index in [0.29, 0.717) is 35.1 Å². The Morgan fingerprint density at radius 1 is 0.312 bits per heavy atom. The third-order valence-corrected chi connectivity index (χ3v) is 13.9. The number of hydrogen-bond donors (Lipinski definition) is 0. The number of rotatable bonds is 6. The quantitative estimate of drug-likeness (QED) is 0.152. The zero-order chi connectivity index (χ0) is 57.1. The largest absolute Gasteiger partial charge is 0.394 e. The predicted octanol–water partition coefficient (Wildman–Crippen LogP) is 20.0. The van der Waals surface area contributed by atoms with E-state index < -0.39 is 23.2 Å². The van der Waals surface area contributed by atoms with Crippen LogP contribution in [-0.4, -0.2) is 40.9 Å². The number of hydrogen-bond acceptors (Lipinski definition) is 5. The highest BCUT2D eigenvalue weighted by Crippen LogP contribution is 2.44. The molecule has 5 aromatic rings. The Kier molecular flexibility index (Phi) is 18.4. The first-order valence-corrected chi connectivity index (χ1v) is 26.9. The first kappa shape index (κ1) is 60.3. The molecule has 5 aliphatic rings. The van der Waals surface area contributed by atoms with Crippen molar-refractivity contribution in [3.05, 3.63) is 147 Å². The summed E-state index contributed by atoms with van der Waals surface area (Å²) < 4.78 is 76.9. The van der Waals surface area contributed by atoms with E-state index in [4.69, 9.17) is 9.98 Å². The van der Waals surface area contributed by atoms with Crippen molar-refractivity contribution >= 4 is 57.0 Å². The molecule has 0 bridgehead atoms. The van der Waals surface area contributed by atoms with Crippen molar-refractivity contribution in [2.24, 2.45) is 46.6 Å². The van der Waals surface area contributed by atoms with Gasteiger partial charge in [-0.2, -0.15) is 26.3 Å². The van der Waals surface area contributed by atoms with Crippen LogP contribution in [0.15, 0.2) is 116 Å². The molecule has 5 heterocycles. The molecule has 0 aromatic heterocycles. The highest BCUT2D eigenvalue weighted by Gasteiger charge is 2.49. The van der Waals surface area contributed by atoms with Gasteiger partial charge in [-0.25, -0.2) is 0 Å². The van der Waals surface area contributed by atoms with E-state index in [9.17, 15) is 26.3 Å². The lowest BCUT2D eigenvalue weighted by Crippen LogP contribution is -2.34. The number of aliphatic imine (C=N–C) groups is 5. The number of alkyl halides is 6. The van der Waals surface area contributed by atoms with Crippen LogP contribution in [0.25, 0.3) is 0 Å². The fourth-order valence-electron chi connectivity index (χ4n) is 9.92. The molecule has 77 heavy (non-hydrogen) atoms. The van der Waals surface area contributed by atoms with E-state index in [-0.39, 0.29) is 12.8 Å². The lowest BCUT2D eigenvalue weighted by atomic mass is 9.85. The molecule has 5 aliphatic heterocycles. The van der Waals surface area contributed by atoms with Crippen LogP contribution in [0.3, 0.4) is 0 Å². The molecule has 0 atom stereocenters. The maximum Gasteiger partial charge on any atom is 0.394 e. The van der Waals surface area contributed by atoms with Crippen LogP contribution < -0.4 is 0 Å². The number of fused-ring (bicyclic) bond motifs is 5. The SMILES string of the molecule is CC1=Nc2ccc(C)cc2C1.Cc1ccc2c(c1)CC(CC(C)(C)C(F)(F)F)=N2.Cc1ccc2c(c1)CC(CC(C)(C)C(F)(F)F)=N2.Cc1ccc2c(c1)CC(CC(C)(C)C)=N2.Cc1ccc2c(c1)CC(CC(C)(C)C)=N2. The van der Waals surface area contributed by atoms with Crippen LogP contribution in [0, 0.1) is 56.3 Å². The smallest absolute Gasteiger partial charge is 0.257 e. The van der Waals surface area contributed by atoms with Gasteiger partial charge in [0.2, 0.25) is 0 Å². The minimum absolute atomic E-state index is 0.0375. The Hall–Kier alpha value is -5.97. The van der Waals surface area contributed by atoms with Crippen LogP contribution in [0.1, 0.15) is 157 Å². The molecule has 0 radical (unpaired) electrons. The van der Waals surface area contributed by atoms with Crippen molar-refractivity contribution < 1.29 is 26.3 Å². The molecular weight excluding hydrogens is 977 g/mol. The Balaban J connectivity index is 0.000000157. The summed E-state index contributed by atoms with van der Waals surface area (Å²) in [6, 6.07) is 31.1. The highest BCUT2D eigenvalue weighted by atomic mass is 19.4. The molecule has 412 valence electrons. The minimum atomic E-state index is -4.19. The summed E-state index contributed by atoms with van der Waals surface area (Å²) in [5, 5.41) is 0. The Bertz CT molecular complexity index is 2930. The van der Waals surface area contributed by atoms with Gasteiger partial charge in [-0.1, -0.05) is 158 Å². The maximum atomic E-state index is 12.8. The van der Waals surface area contributed by atoms with Crippen molar-refractivity contribution in [2.75, 3.05) is 0 Å². The predicted molar refractivity (Wildman–Crippen MR) is 313 cm³/mol. The van der Waals surface area contributed by atoms with Gasteiger partial charge in [-0.15, -0.1) is 0 Å². The maximum absolute atomic E-state index is 12.8. The standard InChI is InChI=1S/2C14H16F3N.2C14H19N.C10H11N/c2*1-9-4-5-12-10(6-9)7-11(18-12)8-13(2,3)14(15,16)17;2*1-10-5-6-13-11(7-10)8-12(15-13)9-14(2,3)4;1-7-3-4-10-9(5-7)6-8(2)11-10/h2*4-6H,7-8H2,1-3H3;2*5-7H,8-9H2,1-4H3;3-5H,6H2,1-2H3. The van der Waals surface area contributed by atoms with Crippen molar-refractivity contribution in [3.8, 4) is 0 Å². The minimum Gasteiger partial charge on any atom is -0.257 e. The van der Waals surface area contributed by atoms with Gasteiger partial charge in [0.05, 0.1) is 39.3 Å². The fourth-order valence-corrected chi connectivity index (χ4v) is 9.92. The average molecular weight is 1060 g/mol. The number of aryl methyl sites for hydroxylation is 5. The van der Waals surface area contributed by atoms with E-state index in [1.807, 2.05) is 50.2 Å². The Morgan fingerprint density at radius 3 is 0.766 bits per heavy atom. The van der Waals surface area contributed by atoms with Crippen molar-refractivity contribution in [3.63, 3.8) is 0 Å². The monoisotopic (exact) mass is 1060 g/mol. The molecule has 0 saturated carbocycles. The molecular formula is C66H81F6N5. The summed E-state index contributed by atoms with van der Waals surface area (Å²) in [6.07, 6.45) is -2.05. The van der Waals surface area contributed by atoms with Gasteiger partial charge in [-0.05, 0) is 136 Å². The summed E-state index contributed by atoms with van der Waals surface area (Å²) in [5.41, 5.74) is 20.0. The summed E-state index contributed by atoms with van der Waals surface area (Å²) in [7, 11) is 0. The van der Waals surface area contributed by atoms with Crippen molar-refractivity contribution in [1.29, 1.82) is 0 Å². The highest BCUT2D eigenvalue weighted by molar-refractivity contribution is 5.96. The lowest BCUT2D eigenvalue weighted by Gasteiger charge is -2.27. The van der Waals surface area contributed by atoms with Gasteiger partial charge in [0.15, 0.2) is 0 Å². The molecule has 0 amide bonds. The van der Waals surface area contributed by atoms with Crippen LogP contribution in [0.2, 0.25) is 0 Å². The molecule has 0 aliphatic carbocycles. The molecule has 5 aromatic carbocycles. The molecule has 5 nitrogen and oxygen atoms in total. The van der Waals surface area contributed by atoms with Gasteiger partial charge < -0.3 is 0 Å². The zero-order valence-electron chi connectivity index (χ0n) is 48.5.